The molecule has 0 saturated heterocycles. The number of rotatable bonds is 0. The van der Waals surface area contributed by atoms with E-state index in [1.807, 2.05) is 24.3 Å². The highest BCUT2D eigenvalue weighted by Crippen LogP contribution is 2.15. The molecule has 0 heteroatoms. The van der Waals surface area contributed by atoms with Crippen LogP contribution in [0.15, 0.2) is 36.5 Å². The summed E-state index contributed by atoms with van der Waals surface area (Å²) in [6.45, 7) is 3.68. The third-order valence-electron chi connectivity index (χ3n) is 1.98. The van der Waals surface area contributed by atoms with Crippen LogP contribution in [0.1, 0.15) is 32.1 Å². The maximum atomic E-state index is 3.68. The molecule has 0 amide bonds. The maximum Gasteiger partial charge on any atom is -0.0329 e. The van der Waals surface area contributed by atoms with Crippen molar-refractivity contribution in [2.45, 2.75) is 32.1 Å². The first-order chi connectivity index (χ1) is 5.39. The minimum absolute atomic E-state index is 1.09. The van der Waals surface area contributed by atoms with Crippen molar-refractivity contribution in [3.05, 3.63) is 36.5 Å². The molecule has 2 aliphatic rings. The molecule has 1 fully saturated rings. The molecule has 0 radical (unpaired) electrons. The summed E-state index contributed by atoms with van der Waals surface area (Å²) in [6, 6.07) is 0. The Balaban J connectivity index is 0.000000112. The van der Waals surface area contributed by atoms with E-state index in [-0.39, 0.29) is 0 Å². The van der Waals surface area contributed by atoms with Gasteiger partial charge >= 0.3 is 0 Å². The second-order valence-corrected chi connectivity index (χ2v) is 3.06. The van der Waals surface area contributed by atoms with E-state index in [0.29, 0.717) is 0 Å². The van der Waals surface area contributed by atoms with E-state index in [2.05, 4.69) is 6.58 Å². The van der Waals surface area contributed by atoms with Crippen molar-refractivity contribution in [2.24, 2.45) is 0 Å². The molecule has 11 heavy (non-hydrogen) atoms. The van der Waals surface area contributed by atoms with Gasteiger partial charge in [-0.2, -0.15) is 0 Å². The topological polar surface area (TPSA) is 0 Å². The van der Waals surface area contributed by atoms with Crippen molar-refractivity contribution >= 4 is 0 Å². The Labute approximate surface area is 69.3 Å². The van der Waals surface area contributed by atoms with Crippen molar-refractivity contribution in [1.29, 1.82) is 0 Å². The fourth-order valence-electron chi connectivity index (χ4n) is 1.30. The van der Waals surface area contributed by atoms with Crippen LogP contribution in [0.5, 0.6) is 0 Å². The summed E-state index contributed by atoms with van der Waals surface area (Å²) >= 11 is 0. The molecular formula is C11H16. The van der Waals surface area contributed by atoms with Crippen LogP contribution in [0.25, 0.3) is 0 Å². The monoisotopic (exact) mass is 148 g/mol. The van der Waals surface area contributed by atoms with Gasteiger partial charge < -0.3 is 0 Å². The Morgan fingerprint density at radius 2 is 1.18 bits per heavy atom. The van der Waals surface area contributed by atoms with Gasteiger partial charge in [-0.25, -0.2) is 0 Å². The summed E-state index contributed by atoms with van der Waals surface area (Å²) in [6.07, 6.45) is 15.4. The Kier molecular flexibility index (Phi) is 3.74. The summed E-state index contributed by atoms with van der Waals surface area (Å²) in [4.78, 5) is 0. The molecule has 60 valence electrons. The third kappa shape index (κ3) is 3.82. The second kappa shape index (κ2) is 4.95. The maximum absolute atomic E-state index is 3.68. The zero-order valence-electron chi connectivity index (χ0n) is 7.05. The summed E-state index contributed by atoms with van der Waals surface area (Å²) in [5.74, 6) is 0. The lowest BCUT2D eigenvalue weighted by molar-refractivity contribution is 0.886. The van der Waals surface area contributed by atoms with Gasteiger partial charge in [-0.15, -0.1) is 0 Å². The van der Waals surface area contributed by atoms with E-state index in [9.17, 15) is 0 Å². The molecule has 0 aromatic heterocycles. The predicted octanol–water partition coefficient (Wildman–Crippen LogP) is 3.62. The molecule has 0 nitrogen and oxygen atoms in total. The molecular weight excluding hydrogens is 132 g/mol. The van der Waals surface area contributed by atoms with Gasteiger partial charge in [-0.1, -0.05) is 63.0 Å². The molecule has 0 atom stereocenters. The van der Waals surface area contributed by atoms with Gasteiger partial charge in [0.1, 0.15) is 0 Å². The quantitative estimate of drug-likeness (QED) is 0.492. The smallest absolute Gasteiger partial charge is 0.0329 e. The van der Waals surface area contributed by atoms with Crippen LogP contribution in [-0.4, -0.2) is 0 Å². The van der Waals surface area contributed by atoms with Crippen LogP contribution in [0.4, 0.5) is 0 Å². The lowest BCUT2D eigenvalue weighted by Crippen LogP contribution is -1.50. The van der Waals surface area contributed by atoms with Crippen molar-refractivity contribution in [2.75, 3.05) is 0 Å². The fraction of sp³-hybridized carbons (Fsp3) is 0.455. The lowest BCUT2D eigenvalue weighted by atomic mass is 10.4. The van der Waals surface area contributed by atoms with Gasteiger partial charge in [0.15, 0.2) is 0 Å². The van der Waals surface area contributed by atoms with Gasteiger partial charge in [0.25, 0.3) is 0 Å². The zero-order chi connectivity index (χ0) is 7.94. The Morgan fingerprint density at radius 3 is 1.36 bits per heavy atom. The van der Waals surface area contributed by atoms with Crippen molar-refractivity contribution in [3.8, 4) is 0 Å². The Bertz CT molecular complexity index is 147. The molecule has 0 aromatic carbocycles. The highest BCUT2D eigenvalue weighted by atomic mass is 14.0. The van der Waals surface area contributed by atoms with Crippen LogP contribution < -0.4 is 0 Å². The molecule has 0 N–H and O–H groups in total. The van der Waals surface area contributed by atoms with Gasteiger partial charge in [0, 0.05) is 0 Å². The van der Waals surface area contributed by atoms with E-state index in [0.717, 1.165) is 5.57 Å². The van der Waals surface area contributed by atoms with E-state index in [1.54, 1.807) is 0 Å². The molecule has 2 aliphatic carbocycles. The first-order valence-corrected chi connectivity index (χ1v) is 4.43. The van der Waals surface area contributed by atoms with E-state index < -0.39 is 0 Å². The minimum Gasteiger partial charge on any atom is -0.0918 e. The molecule has 0 spiro atoms. The highest BCUT2D eigenvalue weighted by Gasteiger charge is 1.95. The van der Waals surface area contributed by atoms with E-state index >= 15 is 0 Å². The third-order valence-corrected chi connectivity index (χ3v) is 1.98. The number of hydrogen-bond acceptors (Lipinski definition) is 0. The summed E-state index contributed by atoms with van der Waals surface area (Å²) < 4.78 is 0. The molecule has 0 heterocycles. The standard InChI is InChI=1S/C6H6.C5H10/c1-6-4-2-3-5-6;1-2-4-5-3-1/h2-5H,1H2;1-5H2. The minimum atomic E-state index is 1.09. The highest BCUT2D eigenvalue weighted by molar-refractivity contribution is 5.37. The van der Waals surface area contributed by atoms with Crippen molar-refractivity contribution < 1.29 is 0 Å². The fourth-order valence-corrected chi connectivity index (χ4v) is 1.30. The second-order valence-electron chi connectivity index (χ2n) is 3.06. The number of hydrogen-bond donors (Lipinski definition) is 0. The first kappa shape index (κ1) is 8.32. The van der Waals surface area contributed by atoms with Gasteiger partial charge in [-0.3, -0.25) is 0 Å². The van der Waals surface area contributed by atoms with E-state index in [4.69, 9.17) is 0 Å². The predicted molar refractivity (Wildman–Crippen MR) is 50.5 cm³/mol. The van der Waals surface area contributed by atoms with Gasteiger partial charge in [0.2, 0.25) is 0 Å². The molecule has 2 rings (SSSR count). The average Bonchev–Trinajstić information content (AvgIpc) is 2.57. The van der Waals surface area contributed by atoms with Crippen molar-refractivity contribution in [3.63, 3.8) is 0 Å². The molecule has 0 unspecified atom stereocenters. The lowest BCUT2D eigenvalue weighted by Gasteiger charge is -1.71. The van der Waals surface area contributed by atoms with E-state index in [1.165, 1.54) is 32.1 Å². The molecule has 1 saturated carbocycles. The normalized spacial score (nSPS) is 20.2. The molecule has 0 aliphatic heterocycles. The van der Waals surface area contributed by atoms with Crippen LogP contribution in [0, 0.1) is 0 Å². The van der Waals surface area contributed by atoms with Gasteiger partial charge in [-0.05, 0) is 5.57 Å². The van der Waals surface area contributed by atoms with Crippen LogP contribution >= 0.6 is 0 Å². The van der Waals surface area contributed by atoms with Crippen molar-refractivity contribution in [1.82, 2.24) is 0 Å². The number of allylic oxidation sites excluding steroid dienone is 5. The van der Waals surface area contributed by atoms with Crippen LogP contribution in [-0.2, 0) is 0 Å². The SMILES string of the molecule is C1CCCC1.C=C1C=CC=C1. The zero-order valence-corrected chi connectivity index (χ0v) is 7.05. The summed E-state index contributed by atoms with van der Waals surface area (Å²) in [5.41, 5.74) is 1.09. The summed E-state index contributed by atoms with van der Waals surface area (Å²) in [5, 5.41) is 0. The first-order valence-electron chi connectivity index (χ1n) is 4.43. The Hall–Kier alpha value is -0.780. The Morgan fingerprint density at radius 1 is 0.818 bits per heavy atom. The van der Waals surface area contributed by atoms with Gasteiger partial charge in [0.05, 0.1) is 0 Å². The van der Waals surface area contributed by atoms with Crippen LogP contribution in [0.2, 0.25) is 0 Å². The van der Waals surface area contributed by atoms with Crippen LogP contribution in [0.3, 0.4) is 0 Å². The molecule has 0 aromatic rings. The summed E-state index contributed by atoms with van der Waals surface area (Å²) in [7, 11) is 0. The molecule has 0 bridgehead atoms. The average molecular weight is 148 g/mol. The largest absolute Gasteiger partial charge is 0.0918 e.